The van der Waals surface area contributed by atoms with E-state index in [1.165, 1.54) is 0 Å². The molecule has 0 unspecified atom stereocenters. The van der Waals surface area contributed by atoms with Gasteiger partial charge in [-0.05, 0) is 31.4 Å². The third-order valence-electron chi connectivity index (χ3n) is 3.85. The van der Waals surface area contributed by atoms with E-state index in [2.05, 4.69) is 0 Å². The molecule has 0 saturated heterocycles. The molecule has 3 rings (SSSR count). The zero-order valence-electron chi connectivity index (χ0n) is 11.8. The van der Waals surface area contributed by atoms with Gasteiger partial charge < -0.3 is 15.0 Å². The Morgan fingerprint density at radius 2 is 2.14 bits per heavy atom. The quantitative estimate of drug-likeness (QED) is 0.926. The van der Waals surface area contributed by atoms with Crippen molar-refractivity contribution >= 4 is 5.91 Å². The Hall–Kier alpha value is -2.56. The van der Waals surface area contributed by atoms with Gasteiger partial charge in [-0.2, -0.15) is 0 Å². The fraction of sp³-hybridized carbons (Fsp3) is 0.250. The van der Waals surface area contributed by atoms with Gasteiger partial charge in [-0.15, -0.1) is 0 Å². The Morgan fingerprint density at radius 3 is 2.86 bits per heavy atom. The number of amides is 1. The molecule has 2 aromatic rings. The van der Waals surface area contributed by atoms with Crippen molar-refractivity contribution < 1.29 is 9.53 Å². The lowest BCUT2D eigenvalue weighted by atomic mass is 10.1. The molecule has 2 N–H and O–H groups in total. The highest BCUT2D eigenvalue weighted by Crippen LogP contribution is 2.24. The van der Waals surface area contributed by atoms with Crippen LogP contribution >= 0.6 is 0 Å². The van der Waals surface area contributed by atoms with Crippen LogP contribution in [0.5, 0.6) is 5.75 Å². The predicted octanol–water partition coefficient (Wildman–Crippen LogP) is 1.43. The topological polar surface area (TPSA) is 74.3 Å². The van der Waals surface area contributed by atoms with Gasteiger partial charge in [-0.25, -0.2) is 0 Å². The molecule has 108 valence electrons. The van der Waals surface area contributed by atoms with Gasteiger partial charge in [-0.1, -0.05) is 6.07 Å². The lowest BCUT2D eigenvalue weighted by Gasteiger charge is -2.15. The minimum absolute atomic E-state index is 0.0402. The number of fused-ring (bicyclic) bond motifs is 1. The SMILES string of the molecule is COc1cccc(-n2cc(C(N)=O)c(=O)c3c2CCC3)c1. The average molecular weight is 284 g/mol. The molecule has 21 heavy (non-hydrogen) atoms. The van der Waals surface area contributed by atoms with Gasteiger partial charge in [0.2, 0.25) is 0 Å². The number of nitrogens with zero attached hydrogens (tertiary/aromatic N) is 1. The van der Waals surface area contributed by atoms with Crippen LogP contribution < -0.4 is 15.9 Å². The average Bonchev–Trinajstić information content (AvgIpc) is 2.97. The van der Waals surface area contributed by atoms with E-state index in [1.54, 1.807) is 13.3 Å². The Kier molecular flexibility index (Phi) is 3.25. The number of hydrogen-bond acceptors (Lipinski definition) is 3. The van der Waals surface area contributed by atoms with Crippen LogP contribution in [0.2, 0.25) is 0 Å². The highest BCUT2D eigenvalue weighted by Gasteiger charge is 2.22. The molecule has 1 aliphatic carbocycles. The fourth-order valence-electron chi connectivity index (χ4n) is 2.83. The maximum Gasteiger partial charge on any atom is 0.254 e. The molecule has 5 nitrogen and oxygen atoms in total. The van der Waals surface area contributed by atoms with Crippen molar-refractivity contribution in [3.63, 3.8) is 0 Å². The molecule has 5 heteroatoms. The van der Waals surface area contributed by atoms with E-state index in [-0.39, 0.29) is 11.0 Å². The molecular weight excluding hydrogens is 268 g/mol. The number of hydrogen-bond donors (Lipinski definition) is 1. The second kappa shape index (κ2) is 5.09. The lowest BCUT2D eigenvalue weighted by Crippen LogP contribution is -2.26. The molecule has 0 aliphatic heterocycles. The van der Waals surface area contributed by atoms with Crippen molar-refractivity contribution in [3.05, 3.63) is 57.5 Å². The normalized spacial score (nSPS) is 13.0. The molecule has 1 aromatic carbocycles. The summed E-state index contributed by atoms with van der Waals surface area (Å²) < 4.78 is 7.11. The number of primary amides is 1. The van der Waals surface area contributed by atoms with Gasteiger partial charge >= 0.3 is 0 Å². The number of ether oxygens (including phenoxy) is 1. The number of aromatic nitrogens is 1. The highest BCUT2D eigenvalue weighted by atomic mass is 16.5. The summed E-state index contributed by atoms with van der Waals surface area (Å²) in [6, 6.07) is 7.50. The molecule has 1 aromatic heterocycles. The van der Waals surface area contributed by atoms with E-state index in [1.807, 2.05) is 28.8 Å². The Bertz CT molecular complexity index is 778. The fourth-order valence-corrected chi connectivity index (χ4v) is 2.83. The van der Waals surface area contributed by atoms with Gasteiger partial charge in [0, 0.05) is 29.2 Å². The van der Waals surface area contributed by atoms with Crippen molar-refractivity contribution in [2.45, 2.75) is 19.3 Å². The largest absolute Gasteiger partial charge is 0.497 e. The predicted molar refractivity (Wildman–Crippen MR) is 79.1 cm³/mol. The summed E-state index contributed by atoms with van der Waals surface area (Å²) in [6.45, 7) is 0. The van der Waals surface area contributed by atoms with Crippen molar-refractivity contribution in [3.8, 4) is 11.4 Å². The zero-order chi connectivity index (χ0) is 15.0. The number of methoxy groups -OCH3 is 1. The third-order valence-corrected chi connectivity index (χ3v) is 3.85. The van der Waals surface area contributed by atoms with Crippen LogP contribution in [-0.4, -0.2) is 17.6 Å². The van der Waals surface area contributed by atoms with E-state index in [4.69, 9.17) is 10.5 Å². The smallest absolute Gasteiger partial charge is 0.254 e. The van der Waals surface area contributed by atoms with E-state index < -0.39 is 5.91 Å². The standard InChI is InChI=1S/C16H16N2O3/c1-21-11-5-2-4-10(8-11)18-9-13(16(17)20)15(19)12-6-3-7-14(12)18/h2,4-5,8-9H,3,6-7H2,1H3,(H2,17,20). The van der Waals surface area contributed by atoms with E-state index >= 15 is 0 Å². The second-order valence-corrected chi connectivity index (χ2v) is 5.09. The van der Waals surface area contributed by atoms with Crippen LogP contribution in [0.25, 0.3) is 5.69 Å². The molecular formula is C16H16N2O3. The van der Waals surface area contributed by atoms with E-state index in [0.717, 1.165) is 30.0 Å². The summed E-state index contributed by atoms with van der Waals surface area (Å²) in [4.78, 5) is 23.8. The Balaban J connectivity index is 2.27. The monoisotopic (exact) mass is 284 g/mol. The van der Waals surface area contributed by atoms with Crippen LogP contribution in [0.4, 0.5) is 0 Å². The number of carbonyl (C=O) groups excluding carboxylic acids is 1. The first-order chi connectivity index (χ1) is 10.1. The Labute approximate surface area is 122 Å². The van der Waals surface area contributed by atoms with Crippen molar-refractivity contribution in [2.24, 2.45) is 5.73 Å². The van der Waals surface area contributed by atoms with Crippen LogP contribution in [0.1, 0.15) is 28.0 Å². The van der Waals surface area contributed by atoms with Crippen molar-refractivity contribution in [1.82, 2.24) is 4.57 Å². The molecule has 0 fully saturated rings. The van der Waals surface area contributed by atoms with E-state index in [0.29, 0.717) is 12.0 Å². The van der Waals surface area contributed by atoms with Gasteiger partial charge in [0.15, 0.2) is 5.43 Å². The summed E-state index contributed by atoms with van der Waals surface area (Å²) in [6.07, 6.45) is 3.97. The molecule has 0 bridgehead atoms. The first-order valence-corrected chi connectivity index (χ1v) is 6.83. The highest BCUT2D eigenvalue weighted by molar-refractivity contribution is 5.92. The second-order valence-electron chi connectivity index (χ2n) is 5.09. The molecule has 0 spiro atoms. The van der Waals surface area contributed by atoms with Crippen LogP contribution in [-0.2, 0) is 12.8 Å². The van der Waals surface area contributed by atoms with Crippen molar-refractivity contribution in [1.29, 1.82) is 0 Å². The maximum atomic E-state index is 12.3. The molecule has 0 radical (unpaired) electrons. The lowest BCUT2D eigenvalue weighted by molar-refractivity contribution is 0.0998. The number of nitrogens with two attached hydrogens (primary N) is 1. The minimum Gasteiger partial charge on any atom is -0.497 e. The van der Waals surface area contributed by atoms with Gasteiger partial charge in [0.05, 0.1) is 7.11 Å². The van der Waals surface area contributed by atoms with E-state index in [9.17, 15) is 9.59 Å². The number of carbonyl (C=O) groups is 1. The first-order valence-electron chi connectivity index (χ1n) is 6.83. The van der Waals surface area contributed by atoms with Crippen LogP contribution in [0, 0.1) is 0 Å². The van der Waals surface area contributed by atoms with Gasteiger partial charge in [0.25, 0.3) is 5.91 Å². The summed E-state index contributed by atoms with van der Waals surface area (Å²) in [5.74, 6) is 0.0323. The first kappa shape index (κ1) is 13.4. The number of benzene rings is 1. The maximum absolute atomic E-state index is 12.3. The van der Waals surface area contributed by atoms with Crippen molar-refractivity contribution in [2.75, 3.05) is 7.11 Å². The minimum atomic E-state index is -0.689. The summed E-state index contributed by atoms with van der Waals surface area (Å²) in [5.41, 5.74) is 7.66. The molecule has 1 amide bonds. The summed E-state index contributed by atoms with van der Waals surface area (Å²) >= 11 is 0. The zero-order valence-corrected chi connectivity index (χ0v) is 11.8. The Morgan fingerprint density at radius 1 is 1.33 bits per heavy atom. The molecule has 0 atom stereocenters. The molecule has 1 aliphatic rings. The van der Waals surface area contributed by atoms with Crippen LogP contribution in [0.15, 0.2) is 35.3 Å². The van der Waals surface area contributed by atoms with Gasteiger partial charge in [-0.3, -0.25) is 9.59 Å². The molecule has 0 saturated carbocycles. The third kappa shape index (κ3) is 2.20. The summed E-state index contributed by atoms with van der Waals surface area (Å²) in [7, 11) is 1.60. The van der Waals surface area contributed by atoms with Gasteiger partial charge in [0.1, 0.15) is 11.3 Å². The molecule has 1 heterocycles. The number of pyridine rings is 1. The van der Waals surface area contributed by atoms with Crippen LogP contribution in [0.3, 0.4) is 0 Å². The number of rotatable bonds is 3. The summed E-state index contributed by atoms with van der Waals surface area (Å²) in [5, 5.41) is 0.